The summed E-state index contributed by atoms with van der Waals surface area (Å²) in [4.78, 5) is 45.0. The first-order valence-electron chi connectivity index (χ1n) is 18.5. The number of likely N-dealkylation sites (tertiary alicyclic amines) is 3. The van der Waals surface area contributed by atoms with Crippen molar-refractivity contribution in [2.45, 2.75) is 57.7 Å². The number of nitrogens with one attached hydrogen (secondary N) is 1. The van der Waals surface area contributed by atoms with E-state index in [1.807, 2.05) is 23.1 Å². The molecule has 12 heteroatoms. The number of carbonyl (C=O) groups excluding carboxylic acids is 2. The molecule has 0 unspecified atom stereocenters. The van der Waals surface area contributed by atoms with Crippen molar-refractivity contribution in [2.24, 2.45) is 5.41 Å². The first kappa shape index (κ1) is 34.2. The van der Waals surface area contributed by atoms with Gasteiger partial charge in [-0.15, -0.1) is 0 Å². The fourth-order valence-electron chi connectivity index (χ4n) is 9.55. The van der Waals surface area contributed by atoms with Gasteiger partial charge in [-0.3, -0.25) is 24.4 Å². The minimum Gasteiger partial charge on any atom is -0.481 e. The lowest BCUT2D eigenvalue weighted by molar-refractivity contribution is -0.161. The third-order valence-corrected chi connectivity index (χ3v) is 12.6. The first-order chi connectivity index (χ1) is 25.6. The summed E-state index contributed by atoms with van der Waals surface area (Å²) < 4.78 is 11.7. The van der Waals surface area contributed by atoms with Crippen LogP contribution in [-0.2, 0) is 22.6 Å². The fourth-order valence-corrected chi connectivity index (χ4v) is 9.87. The maximum Gasteiger partial charge on any atom is 0.237 e. The van der Waals surface area contributed by atoms with E-state index in [9.17, 15) is 9.59 Å². The van der Waals surface area contributed by atoms with Gasteiger partial charge in [0.05, 0.1) is 42.4 Å². The van der Waals surface area contributed by atoms with Crippen molar-refractivity contribution in [2.75, 3.05) is 53.5 Å². The van der Waals surface area contributed by atoms with Gasteiger partial charge < -0.3 is 19.7 Å². The molecule has 2 spiro atoms. The van der Waals surface area contributed by atoms with Crippen molar-refractivity contribution in [3.05, 3.63) is 76.1 Å². The van der Waals surface area contributed by atoms with E-state index in [-0.39, 0.29) is 28.8 Å². The maximum atomic E-state index is 11.8. The topological polar surface area (TPSA) is 113 Å². The monoisotopic (exact) mass is 733 g/mol. The summed E-state index contributed by atoms with van der Waals surface area (Å²) in [5, 5.41) is 3.72. The molecule has 2 aromatic carbocycles. The second-order valence-corrected chi connectivity index (χ2v) is 16.1. The Morgan fingerprint density at radius 1 is 0.925 bits per heavy atom. The molecule has 2 amide bonds. The Morgan fingerprint density at radius 2 is 1.62 bits per heavy atom. The van der Waals surface area contributed by atoms with Crippen molar-refractivity contribution < 1.29 is 19.1 Å². The summed E-state index contributed by atoms with van der Waals surface area (Å²) in [6.07, 6.45) is 5.25. The molecule has 274 valence electrons. The summed E-state index contributed by atoms with van der Waals surface area (Å²) in [7, 11) is 3.33. The Labute approximate surface area is 314 Å². The van der Waals surface area contributed by atoms with Gasteiger partial charge in [0, 0.05) is 92.9 Å². The molecule has 0 saturated carbocycles. The van der Waals surface area contributed by atoms with Gasteiger partial charge in [-0.05, 0) is 48.9 Å². The second-order valence-electron chi connectivity index (χ2n) is 15.8. The van der Waals surface area contributed by atoms with Crippen LogP contribution in [0, 0.1) is 12.3 Å². The molecule has 11 nitrogen and oxygen atoms in total. The van der Waals surface area contributed by atoms with Gasteiger partial charge in [0.2, 0.25) is 23.6 Å². The van der Waals surface area contributed by atoms with Crippen LogP contribution in [0.5, 0.6) is 11.8 Å². The number of aromatic nitrogens is 3. The third-order valence-electron chi connectivity index (χ3n) is 12.2. The van der Waals surface area contributed by atoms with E-state index in [2.05, 4.69) is 46.3 Å². The van der Waals surface area contributed by atoms with Gasteiger partial charge in [-0.2, -0.15) is 0 Å². The van der Waals surface area contributed by atoms with Crippen LogP contribution in [0.4, 0.5) is 0 Å². The van der Waals surface area contributed by atoms with Crippen molar-refractivity contribution in [3.63, 3.8) is 0 Å². The number of carbonyl (C=O) groups is 2. The van der Waals surface area contributed by atoms with Crippen molar-refractivity contribution in [1.29, 1.82) is 0 Å². The minimum absolute atomic E-state index is 0.0947. The van der Waals surface area contributed by atoms with Crippen molar-refractivity contribution >= 4 is 23.4 Å². The second kappa shape index (κ2) is 12.8. The molecular weight excluding hydrogens is 690 g/mol. The molecule has 1 atom stereocenters. The van der Waals surface area contributed by atoms with Gasteiger partial charge in [-0.1, -0.05) is 48.0 Å². The van der Waals surface area contributed by atoms with Gasteiger partial charge in [-0.25, -0.2) is 9.97 Å². The number of rotatable bonds is 8. The van der Waals surface area contributed by atoms with E-state index >= 15 is 0 Å². The number of nitrogens with zero attached hydrogens (tertiary/aromatic N) is 6. The highest BCUT2D eigenvalue weighted by atomic mass is 35.5. The molecule has 4 fully saturated rings. The van der Waals surface area contributed by atoms with Gasteiger partial charge in [0.15, 0.2) is 0 Å². The fraction of sp³-hybridized carbons (Fsp3) is 0.439. The largest absolute Gasteiger partial charge is 0.481 e. The number of hydrogen-bond acceptors (Lipinski definition) is 9. The maximum absolute atomic E-state index is 11.8. The molecule has 4 saturated heterocycles. The number of methoxy groups -OCH3 is 2. The summed E-state index contributed by atoms with van der Waals surface area (Å²) in [6.45, 7) is 9.73. The Balaban J connectivity index is 0.958. The highest BCUT2D eigenvalue weighted by Crippen LogP contribution is 2.50. The molecule has 53 heavy (non-hydrogen) atoms. The van der Waals surface area contributed by atoms with Gasteiger partial charge in [0.1, 0.15) is 5.69 Å². The average molecular weight is 734 g/mol. The molecular formula is C41H44ClN7O4. The smallest absolute Gasteiger partial charge is 0.237 e. The number of fused-ring (bicyclic) bond motifs is 1. The quantitative estimate of drug-likeness (QED) is 0.252. The van der Waals surface area contributed by atoms with E-state index < -0.39 is 0 Å². The van der Waals surface area contributed by atoms with Crippen LogP contribution in [0.3, 0.4) is 0 Å². The number of amides is 2. The van der Waals surface area contributed by atoms with E-state index in [1.165, 1.54) is 11.1 Å². The molecule has 5 aliphatic rings. The SMILES string of the molecule is COc1nc(-c2cccc(-c3cccc(-c4cc5c(c(OC)n4)[C@@H](N4CC6(CN(C(C)=O)C6)C4)CC5)c3C)c2Cl)cnc1CN1CC2(CCC(=O)N2)C1. The van der Waals surface area contributed by atoms with E-state index in [4.69, 9.17) is 36.0 Å². The molecule has 0 bridgehead atoms. The normalized spacial score (nSPS) is 21.2. The van der Waals surface area contributed by atoms with Crippen LogP contribution in [0.25, 0.3) is 33.6 Å². The predicted octanol–water partition coefficient (Wildman–Crippen LogP) is 5.47. The summed E-state index contributed by atoms with van der Waals surface area (Å²) in [5.74, 6) is 1.46. The zero-order valence-electron chi connectivity index (χ0n) is 30.7. The highest BCUT2D eigenvalue weighted by Gasteiger charge is 2.55. The molecule has 9 rings (SSSR count). The van der Waals surface area contributed by atoms with E-state index in [0.29, 0.717) is 35.4 Å². The van der Waals surface area contributed by atoms with Crippen LogP contribution in [0.1, 0.15) is 54.6 Å². The molecule has 4 aliphatic heterocycles. The summed E-state index contributed by atoms with van der Waals surface area (Å²) in [6, 6.07) is 14.8. The lowest BCUT2D eigenvalue weighted by Crippen LogP contribution is -2.72. The summed E-state index contributed by atoms with van der Waals surface area (Å²) in [5.41, 5.74) is 9.72. The van der Waals surface area contributed by atoms with Gasteiger partial charge in [0.25, 0.3) is 0 Å². The number of benzene rings is 2. The van der Waals surface area contributed by atoms with Crippen LogP contribution in [-0.4, -0.2) is 100 Å². The zero-order valence-corrected chi connectivity index (χ0v) is 31.4. The standard InChI is InChI=1S/C41H44ClN7O4/c1-24-27(29-9-6-10-30(37(29)42)32-16-43-33(38(45-32)52-3)17-47-22-41(23-47)14-13-35(51)46-41)7-5-8-28(24)31-15-26-11-12-34(36(26)39(44-31)53-4)49-20-40(21-49)18-48(19-40)25(2)50/h5-10,15-16,34H,11-14,17-23H2,1-4H3,(H,46,51)/t34-/m0/s1. The van der Waals surface area contributed by atoms with Crippen molar-refractivity contribution in [1.82, 2.24) is 35.0 Å². The number of ether oxygens (including phenoxy) is 2. The summed E-state index contributed by atoms with van der Waals surface area (Å²) >= 11 is 7.22. The zero-order chi connectivity index (χ0) is 36.6. The Kier molecular flexibility index (Phi) is 8.25. The first-order valence-corrected chi connectivity index (χ1v) is 18.9. The lowest BCUT2D eigenvalue weighted by atomic mass is 9.72. The van der Waals surface area contributed by atoms with Crippen LogP contribution in [0.2, 0.25) is 5.02 Å². The average Bonchev–Trinajstić information content (AvgIpc) is 3.71. The Morgan fingerprint density at radius 3 is 2.32 bits per heavy atom. The van der Waals surface area contributed by atoms with Crippen LogP contribution >= 0.6 is 11.6 Å². The van der Waals surface area contributed by atoms with Gasteiger partial charge >= 0.3 is 0 Å². The number of halogens is 1. The molecule has 0 radical (unpaired) electrons. The van der Waals surface area contributed by atoms with Crippen molar-refractivity contribution in [3.8, 4) is 45.4 Å². The molecule has 1 aliphatic carbocycles. The molecule has 4 aromatic rings. The van der Waals surface area contributed by atoms with Crippen LogP contribution < -0.4 is 14.8 Å². The molecule has 2 aromatic heterocycles. The van der Waals surface area contributed by atoms with E-state index in [0.717, 1.165) is 97.7 Å². The lowest BCUT2D eigenvalue weighted by Gasteiger charge is -2.61. The van der Waals surface area contributed by atoms with E-state index in [1.54, 1.807) is 27.3 Å². The van der Waals surface area contributed by atoms with Crippen LogP contribution in [0.15, 0.2) is 48.7 Å². The minimum atomic E-state index is -0.0947. The highest BCUT2D eigenvalue weighted by molar-refractivity contribution is 6.36. The molecule has 1 N–H and O–H groups in total. The third kappa shape index (κ3) is 5.75. The predicted molar refractivity (Wildman–Crippen MR) is 202 cm³/mol. The Bertz CT molecular complexity index is 2150. The number of aryl methyl sites for hydroxylation is 1. The Hall–Kier alpha value is -4.58. The number of pyridine rings is 1. The molecule has 6 heterocycles. The number of hydrogen-bond donors (Lipinski definition) is 1.